The van der Waals surface area contributed by atoms with Gasteiger partial charge in [-0.1, -0.05) is 0 Å². The van der Waals surface area contributed by atoms with Gasteiger partial charge in [0.1, 0.15) is 0 Å². The second kappa shape index (κ2) is 1.56. The third-order valence-corrected chi connectivity index (χ3v) is 1.43. The summed E-state index contributed by atoms with van der Waals surface area (Å²) in [5.74, 6) is 1.07. The zero-order chi connectivity index (χ0) is 4.41. The molecular weight excluding hydrogens is 94.1 g/mol. The third kappa shape index (κ3) is 0.684. The first-order valence-corrected chi connectivity index (χ1v) is 2.85. The third-order valence-electron chi connectivity index (χ3n) is 0.625. The van der Waals surface area contributed by atoms with Gasteiger partial charge in [0.05, 0.1) is 12.1 Å². The minimum Gasteiger partial charge on any atom is -0.363 e. The van der Waals surface area contributed by atoms with Gasteiger partial charge >= 0.3 is 0 Å². The highest BCUT2D eigenvalue weighted by atomic mass is 32.2. The molecule has 0 unspecified atom stereocenters. The molecule has 0 fully saturated rings. The standard InChI is InChI=1S/C4H6NS/c1-5-2-3-6-4-5/h3H,4H2,1H3. The molecule has 0 amide bonds. The highest BCUT2D eigenvalue weighted by molar-refractivity contribution is 8.02. The Morgan fingerprint density at radius 2 is 2.83 bits per heavy atom. The van der Waals surface area contributed by atoms with Crippen molar-refractivity contribution in [2.24, 2.45) is 0 Å². The summed E-state index contributed by atoms with van der Waals surface area (Å²) in [6, 6.07) is 0. The lowest BCUT2D eigenvalue weighted by molar-refractivity contribution is 0.528. The van der Waals surface area contributed by atoms with Crippen molar-refractivity contribution in [2.45, 2.75) is 0 Å². The van der Waals surface area contributed by atoms with Gasteiger partial charge in [-0.05, 0) is 5.41 Å². The largest absolute Gasteiger partial charge is 0.363 e. The van der Waals surface area contributed by atoms with Crippen LogP contribution in [0.4, 0.5) is 0 Å². The lowest BCUT2D eigenvalue weighted by Crippen LogP contribution is -2.03. The van der Waals surface area contributed by atoms with E-state index in [9.17, 15) is 0 Å². The summed E-state index contributed by atoms with van der Waals surface area (Å²) in [6.07, 6.45) is 2.99. The molecular formula is C4H6NS. The van der Waals surface area contributed by atoms with Crippen molar-refractivity contribution < 1.29 is 0 Å². The molecule has 1 radical (unpaired) electrons. The molecule has 1 rings (SSSR count). The van der Waals surface area contributed by atoms with E-state index in [1.165, 1.54) is 0 Å². The normalized spacial score (nSPS) is 19.8. The monoisotopic (exact) mass is 100 g/mol. The Morgan fingerprint density at radius 1 is 2.00 bits per heavy atom. The van der Waals surface area contributed by atoms with Crippen LogP contribution in [0, 0.1) is 6.20 Å². The lowest BCUT2D eigenvalue weighted by Gasteiger charge is -2.00. The van der Waals surface area contributed by atoms with Crippen LogP contribution in [0.1, 0.15) is 0 Å². The zero-order valence-corrected chi connectivity index (χ0v) is 4.46. The molecule has 0 bridgehead atoms. The van der Waals surface area contributed by atoms with E-state index in [1.54, 1.807) is 11.8 Å². The summed E-state index contributed by atoms with van der Waals surface area (Å²) in [6.45, 7) is 0. The number of thioether (sulfide) groups is 1. The second-order valence-corrected chi connectivity index (χ2v) is 2.07. The van der Waals surface area contributed by atoms with Crippen LogP contribution in [0.15, 0.2) is 5.41 Å². The fraction of sp³-hybridized carbons (Fsp3) is 0.500. The van der Waals surface area contributed by atoms with Crippen LogP contribution in [0.25, 0.3) is 0 Å². The lowest BCUT2D eigenvalue weighted by atomic mass is 10.9. The molecule has 0 N–H and O–H groups in total. The van der Waals surface area contributed by atoms with Crippen LogP contribution in [-0.2, 0) is 0 Å². The highest BCUT2D eigenvalue weighted by Crippen LogP contribution is 2.10. The van der Waals surface area contributed by atoms with Crippen molar-refractivity contribution in [3.8, 4) is 0 Å². The molecule has 33 valence electrons. The highest BCUT2D eigenvalue weighted by Gasteiger charge is 1.94. The quantitative estimate of drug-likeness (QED) is 0.445. The summed E-state index contributed by atoms with van der Waals surface area (Å²) in [7, 11) is 2.01. The minimum atomic E-state index is 1.07. The molecule has 0 atom stereocenters. The van der Waals surface area contributed by atoms with Crippen LogP contribution < -0.4 is 0 Å². The van der Waals surface area contributed by atoms with Crippen molar-refractivity contribution in [1.82, 2.24) is 4.90 Å². The van der Waals surface area contributed by atoms with Gasteiger partial charge in [0, 0.05) is 7.05 Å². The average molecular weight is 100 g/mol. The van der Waals surface area contributed by atoms with Crippen LogP contribution in [0.2, 0.25) is 0 Å². The average Bonchev–Trinajstić information content (AvgIpc) is 1.86. The summed E-state index contributed by atoms with van der Waals surface area (Å²) in [4.78, 5) is 2.02. The van der Waals surface area contributed by atoms with Gasteiger partial charge in [-0.2, -0.15) is 0 Å². The number of hydrogen-bond donors (Lipinski definition) is 0. The molecule has 1 aliphatic heterocycles. The number of nitrogens with zero attached hydrogens (tertiary/aromatic N) is 1. The van der Waals surface area contributed by atoms with E-state index in [2.05, 4.69) is 6.20 Å². The van der Waals surface area contributed by atoms with Crippen LogP contribution in [0.3, 0.4) is 0 Å². The van der Waals surface area contributed by atoms with E-state index >= 15 is 0 Å². The molecule has 0 aliphatic carbocycles. The maximum Gasteiger partial charge on any atom is 0.0678 e. The van der Waals surface area contributed by atoms with Crippen molar-refractivity contribution in [1.29, 1.82) is 0 Å². The summed E-state index contributed by atoms with van der Waals surface area (Å²) in [5, 5.41) is 1.97. The molecule has 0 saturated heterocycles. The van der Waals surface area contributed by atoms with E-state index in [-0.39, 0.29) is 0 Å². The zero-order valence-electron chi connectivity index (χ0n) is 3.64. The van der Waals surface area contributed by atoms with Crippen LogP contribution >= 0.6 is 11.8 Å². The smallest absolute Gasteiger partial charge is 0.0678 e. The Bertz CT molecular complexity index is 69.9. The topological polar surface area (TPSA) is 3.24 Å². The van der Waals surface area contributed by atoms with Gasteiger partial charge in [0.25, 0.3) is 0 Å². The first-order chi connectivity index (χ1) is 2.89. The molecule has 1 nitrogen and oxygen atoms in total. The second-order valence-electron chi connectivity index (χ2n) is 1.24. The Morgan fingerprint density at radius 3 is 3.00 bits per heavy atom. The molecule has 6 heavy (non-hydrogen) atoms. The molecule has 1 aliphatic rings. The van der Waals surface area contributed by atoms with Crippen LogP contribution in [-0.4, -0.2) is 17.8 Å². The van der Waals surface area contributed by atoms with Crippen molar-refractivity contribution in [3.63, 3.8) is 0 Å². The maximum absolute atomic E-state index is 2.99. The van der Waals surface area contributed by atoms with E-state index < -0.39 is 0 Å². The molecule has 0 saturated carbocycles. The molecule has 2 heteroatoms. The Hall–Kier alpha value is -0.110. The predicted octanol–water partition coefficient (Wildman–Crippen LogP) is 0.897. The van der Waals surface area contributed by atoms with E-state index in [0.29, 0.717) is 0 Å². The molecule has 0 spiro atoms. The summed E-state index contributed by atoms with van der Waals surface area (Å²) < 4.78 is 0. The molecule has 0 aromatic heterocycles. The van der Waals surface area contributed by atoms with Gasteiger partial charge in [-0.25, -0.2) is 0 Å². The summed E-state index contributed by atoms with van der Waals surface area (Å²) in [5.41, 5.74) is 0. The van der Waals surface area contributed by atoms with Crippen LogP contribution in [0.5, 0.6) is 0 Å². The van der Waals surface area contributed by atoms with Gasteiger partial charge in [-0.15, -0.1) is 11.8 Å². The van der Waals surface area contributed by atoms with Gasteiger partial charge < -0.3 is 4.90 Å². The first kappa shape index (κ1) is 4.06. The van der Waals surface area contributed by atoms with E-state index in [0.717, 1.165) is 5.88 Å². The van der Waals surface area contributed by atoms with Gasteiger partial charge in [0.15, 0.2) is 0 Å². The Labute approximate surface area is 42.0 Å². The van der Waals surface area contributed by atoms with Gasteiger partial charge in [-0.3, -0.25) is 0 Å². The van der Waals surface area contributed by atoms with Crippen molar-refractivity contribution >= 4 is 11.8 Å². The van der Waals surface area contributed by atoms with Crippen molar-refractivity contribution in [2.75, 3.05) is 12.9 Å². The van der Waals surface area contributed by atoms with E-state index in [1.807, 2.05) is 17.4 Å². The predicted molar refractivity (Wildman–Crippen MR) is 28.0 cm³/mol. The minimum absolute atomic E-state index is 1.07. The molecule has 0 aromatic carbocycles. The fourth-order valence-corrected chi connectivity index (χ4v) is 0.941. The number of rotatable bonds is 0. The first-order valence-electron chi connectivity index (χ1n) is 1.80. The Balaban J connectivity index is 2.38. The SMILES string of the molecule is CN1[C]=CSC1. The molecule has 1 heterocycles. The Kier molecular flexibility index (Phi) is 1.05. The summed E-state index contributed by atoms with van der Waals surface area (Å²) >= 11 is 1.77. The molecule has 0 aromatic rings. The van der Waals surface area contributed by atoms with Crippen molar-refractivity contribution in [3.05, 3.63) is 11.6 Å². The number of hydrogen-bond acceptors (Lipinski definition) is 2. The van der Waals surface area contributed by atoms with E-state index in [4.69, 9.17) is 0 Å². The maximum atomic E-state index is 2.99. The van der Waals surface area contributed by atoms with Gasteiger partial charge in [0.2, 0.25) is 0 Å². The fourth-order valence-electron chi connectivity index (χ4n) is 0.314.